The second kappa shape index (κ2) is 2.90. The van der Waals surface area contributed by atoms with E-state index in [0.29, 0.717) is 0 Å². The summed E-state index contributed by atoms with van der Waals surface area (Å²) in [7, 11) is 0. The maximum Gasteiger partial charge on any atom is 1.00 e. The third kappa shape index (κ3) is 1.71. The van der Waals surface area contributed by atoms with Crippen molar-refractivity contribution in [3.05, 3.63) is 0 Å². The molecule has 0 aliphatic carbocycles. The van der Waals surface area contributed by atoms with Gasteiger partial charge in [-0.05, 0) is 13.8 Å². The van der Waals surface area contributed by atoms with Gasteiger partial charge < -0.3 is 6.16 Å². The van der Waals surface area contributed by atoms with Crippen LogP contribution < -0.4 is 34.9 Å². The molecule has 52 valence electrons. The van der Waals surface area contributed by atoms with Crippen molar-refractivity contribution < 1.29 is 45.3 Å². The van der Waals surface area contributed by atoms with Crippen molar-refractivity contribution in [2.75, 3.05) is 0 Å². The first-order valence-electron chi connectivity index (χ1n) is 2.57. The summed E-state index contributed by atoms with van der Waals surface area (Å²) in [6.45, 7) is 3.07. The second-order valence-electron chi connectivity index (χ2n) is 2.35. The summed E-state index contributed by atoms with van der Waals surface area (Å²) in [5.74, 6) is -0.382. The molecular formula is C5H8NNaO3. The van der Waals surface area contributed by atoms with Crippen LogP contribution in [0.3, 0.4) is 0 Å². The van der Waals surface area contributed by atoms with E-state index >= 15 is 0 Å². The Bertz CT molecular complexity index is 183. The van der Waals surface area contributed by atoms with Crippen LogP contribution in [0.15, 0.2) is 0 Å². The number of imide groups is 1. The third-order valence-corrected chi connectivity index (χ3v) is 1.11. The number of alkyl carbamates (subject to hydrolysis) is 1. The van der Waals surface area contributed by atoms with E-state index in [1.54, 1.807) is 0 Å². The van der Waals surface area contributed by atoms with Gasteiger partial charge in [0.2, 0.25) is 0 Å². The maximum atomic E-state index is 10.6. The fourth-order valence-corrected chi connectivity index (χ4v) is 0.547. The minimum atomic E-state index is -0.975. The Morgan fingerprint density at radius 2 is 2.00 bits per heavy atom. The topological polar surface area (TPSA) is 55.4 Å². The molecule has 0 aromatic rings. The normalized spacial score (nSPS) is 21.0. The summed E-state index contributed by atoms with van der Waals surface area (Å²) in [6.07, 6.45) is -0.662. The van der Waals surface area contributed by atoms with Crippen molar-refractivity contribution in [2.24, 2.45) is 0 Å². The Morgan fingerprint density at radius 1 is 1.50 bits per heavy atom. The fourth-order valence-electron chi connectivity index (χ4n) is 0.547. The van der Waals surface area contributed by atoms with E-state index in [9.17, 15) is 9.59 Å². The quantitative estimate of drug-likeness (QED) is 0.381. The van der Waals surface area contributed by atoms with E-state index in [1.165, 1.54) is 13.8 Å². The number of carbonyl (C=O) groups excluding carboxylic acids is 2. The summed E-state index contributed by atoms with van der Waals surface area (Å²) >= 11 is 0. The average molecular weight is 153 g/mol. The van der Waals surface area contributed by atoms with Gasteiger partial charge in [0.15, 0.2) is 5.60 Å². The Balaban J connectivity index is 0. The van der Waals surface area contributed by atoms with E-state index in [-0.39, 0.29) is 36.9 Å². The van der Waals surface area contributed by atoms with Crippen molar-refractivity contribution in [1.29, 1.82) is 0 Å². The smallest absolute Gasteiger partial charge is 1.00 e. The first-order chi connectivity index (χ1) is 4.02. The zero-order chi connectivity index (χ0) is 7.07. The molecule has 0 aromatic carbocycles. The van der Waals surface area contributed by atoms with Crippen molar-refractivity contribution in [2.45, 2.75) is 19.4 Å². The number of rotatable bonds is 0. The van der Waals surface area contributed by atoms with Crippen molar-refractivity contribution >= 4 is 12.0 Å². The molecule has 0 bridgehead atoms. The molecule has 0 spiro atoms. The SMILES string of the molecule is CC1(C)OC(=O)NC1=O.[H-].[Na+]. The number of ether oxygens (including phenoxy) is 1. The molecule has 0 unspecified atom stereocenters. The van der Waals surface area contributed by atoms with E-state index in [0.717, 1.165) is 0 Å². The van der Waals surface area contributed by atoms with Gasteiger partial charge in [0.1, 0.15) is 0 Å². The number of hydrogen-bond acceptors (Lipinski definition) is 3. The maximum absolute atomic E-state index is 10.6. The number of amides is 2. The minimum Gasteiger partial charge on any atom is -1.00 e. The van der Waals surface area contributed by atoms with E-state index in [2.05, 4.69) is 4.74 Å². The Labute approximate surface area is 82.1 Å². The number of hydrogen-bond donors (Lipinski definition) is 1. The summed E-state index contributed by atoms with van der Waals surface area (Å²) in [5, 5.41) is 2.01. The van der Waals surface area contributed by atoms with Crippen LogP contribution in [0.1, 0.15) is 15.3 Å². The first kappa shape index (κ1) is 9.94. The Kier molecular flexibility index (Phi) is 2.88. The van der Waals surface area contributed by atoms with Crippen LogP contribution >= 0.6 is 0 Å². The molecule has 1 aliphatic rings. The molecular weight excluding hydrogens is 145 g/mol. The van der Waals surface area contributed by atoms with Crippen molar-refractivity contribution in [3.8, 4) is 0 Å². The molecule has 1 N–H and O–H groups in total. The van der Waals surface area contributed by atoms with E-state index in [1.807, 2.05) is 5.32 Å². The molecule has 2 amide bonds. The van der Waals surface area contributed by atoms with Crippen molar-refractivity contribution in [1.82, 2.24) is 5.32 Å². The molecule has 0 radical (unpaired) electrons. The van der Waals surface area contributed by atoms with E-state index in [4.69, 9.17) is 0 Å². The van der Waals surface area contributed by atoms with Gasteiger partial charge in [-0.15, -0.1) is 0 Å². The van der Waals surface area contributed by atoms with Gasteiger partial charge in [-0.25, -0.2) is 4.79 Å². The summed E-state index contributed by atoms with van der Waals surface area (Å²) in [4.78, 5) is 21.0. The summed E-state index contributed by atoms with van der Waals surface area (Å²) < 4.78 is 4.56. The molecule has 1 aliphatic heterocycles. The monoisotopic (exact) mass is 153 g/mol. The van der Waals surface area contributed by atoms with Crippen LogP contribution in [0.4, 0.5) is 4.79 Å². The molecule has 1 rings (SSSR count). The van der Waals surface area contributed by atoms with Gasteiger partial charge >= 0.3 is 35.7 Å². The molecule has 0 aromatic heterocycles. The molecule has 1 saturated heterocycles. The van der Waals surface area contributed by atoms with Gasteiger partial charge in [-0.2, -0.15) is 0 Å². The summed E-state index contributed by atoms with van der Waals surface area (Å²) in [5.41, 5.74) is -0.975. The molecule has 1 heterocycles. The number of cyclic esters (lactones) is 1. The van der Waals surface area contributed by atoms with Crippen LogP contribution in [-0.4, -0.2) is 17.6 Å². The molecule has 1 fully saturated rings. The molecule has 10 heavy (non-hydrogen) atoms. The second-order valence-corrected chi connectivity index (χ2v) is 2.35. The standard InChI is InChI=1S/C5H7NO3.Na.H/c1-5(2)3(7)6-4(8)9-5;;/h1-2H3,(H,6,7,8);;/q;+1;-1. The molecule has 0 atom stereocenters. The van der Waals surface area contributed by atoms with Crippen LogP contribution in [0.5, 0.6) is 0 Å². The Morgan fingerprint density at radius 3 is 2.10 bits per heavy atom. The van der Waals surface area contributed by atoms with Gasteiger partial charge in [-0.3, -0.25) is 10.1 Å². The minimum absolute atomic E-state index is 0. The third-order valence-electron chi connectivity index (χ3n) is 1.11. The van der Waals surface area contributed by atoms with Gasteiger partial charge in [0, 0.05) is 0 Å². The average Bonchev–Trinajstić information content (AvgIpc) is 1.79. The van der Waals surface area contributed by atoms with Gasteiger partial charge in [0.25, 0.3) is 5.91 Å². The van der Waals surface area contributed by atoms with E-state index < -0.39 is 11.7 Å². The predicted molar refractivity (Wildman–Crippen MR) is 29.8 cm³/mol. The molecule has 0 saturated carbocycles. The fraction of sp³-hybridized carbons (Fsp3) is 0.600. The molecule has 5 heteroatoms. The number of nitrogens with one attached hydrogen (secondary N) is 1. The largest absolute Gasteiger partial charge is 1.00 e. The Hall–Kier alpha value is -0.0600. The van der Waals surface area contributed by atoms with Crippen LogP contribution in [0.25, 0.3) is 0 Å². The van der Waals surface area contributed by atoms with Gasteiger partial charge in [0.05, 0.1) is 0 Å². The summed E-state index contributed by atoms with van der Waals surface area (Å²) in [6, 6.07) is 0. The van der Waals surface area contributed by atoms with Crippen LogP contribution in [0.2, 0.25) is 0 Å². The number of carbonyl (C=O) groups is 2. The van der Waals surface area contributed by atoms with Gasteiger partial charge in [-0.1, -0.05) is 0 Å². The van der Waals surface area contributed by atoms with Crippen LogP contribution in [-0.2, 0) is 9.53 Å². The zero-order valence-corrected chi connectivity index (χ0v) is 8.22. The molecule has 4 nitrogen and oxygen atoms in total. The van der Waals surface area contributed by atoms with Crippen molar-refractivity contribution in [3.63, 3.8) is 0 Å². The van der Waals surface area contributed by atoms with Crippen LogP contribution in [0, 0.1) is 0 Å². The predicted octanol–water partition coefficient (Wildman–Crippen LogP) is -2.85. The zero-order valence-electron chi connectivity index (χ0n) is 7.22. The first-order valence-corrected chi connectivity index (χ1v) is 2.57.